The Morgan fingerprint density at radius 1 is 1.21 bits per heavy atom. The summed E-state index contributed by atoms with van der Waals surface area (Å²) in [6.45, 7) is 0. The summed E-state index contributed by atoms with van der Waals surface area (Å²) in [5, 5.41) is 21.7. The Kier molecular flexibility index (Phi) is 3.43. The Bertz CT molecular complexity index is 1160. The van der Waals surface area contributed by atoms with Crippen molar-refractivity contribution in [1.82, 2.24) is 10.2 Å². The first-order valence-corrected chi connectivity index (χ1v) is 10.6. The maximum atomic E-state index is 13.9. The molecule has 4 nitrogen and oxygen atoms in total. The second kappa shape index (κ2) is 5.81. The van der Waals surface area contributed by atoms with Crippen LogP contribution in [0.5, 0.6) is 0 Å². The van der Waals surface area contributed by atoms with E-state index in [0.29, 0.717) is 23.7 Å². The molecule has 0 amide bonds. The summed E-state index contributed by atoms with van der Waals surface area (Å²) in [7, 11) is 0. The smallest absolute Gasteiger partial charge is 0.140 e. The molecule has 3 aliphatic rings. The monoisotopic (exact) mass is 436 g/mol. The SMILES string of the molecule is N#Cc1cc([C@@H]2Nc3c(Br)cc4[nH]ncc4c3[C@H]3[C@@H]4CC[C@H](C4)[C@H]32)ccc1F. The van der Waals surface area contributed by atoms with Crippen molar-refractivity contribution in [2.75, 3.05) is 5.32 Å². The molecule has 6 heteroatoms. The molecule has 2 aliphatic carbocycles. The lowest BCUT2D eigenvalue weighted by atomic mass is 9.67. The Balaban J connectivity index is 1.57. The lowest BCUT2D eigenvalue weighted by Gasteiger charge is -2.44. The van der Waals surface area contributed by atoms with Crippen LogP contribution in [0.3, 0.4) is 0 Å². The van der Waals surface area contributed by atoms with Crippen molar-refractivity contribution in [3.8, 4) is 6.07 Å². The van der Waals surface area contributed by atoms with E-state index < -0.39 is 5.82 Å². The van der Waals surface area contributed by atoms with Crippen molar-refractivity contribution in [2.24, 2.45) is 17.8 Å². The van der Waals surface area contributed by atoms with Gasteiger partial charge in [-0.25, -0.2) is 4.39 Å². The van der Waals surface area contributed by atoms with E-state index >= 15 is 0 Å². The second-order valence-corrected chi connectivity index (χ2v) is 9.24. The third-order valence-electron chi connectivity index (χ3n) is 7.21. The molecule has 2 aromatic carbocycles. The summed E-state index contributed by atoms with van der Waals surface area (Å²) >= 11 is 3.76. The van der Waals surface area contributed by atoms with Crippen LogP contribution in [-0.2, 0) is 0 Å². The van der Waals surface area contributed by atoms with E-state index in [1.807, 2.05) is 18.3 Å². The number of benzene rings is 2. The fraction of sp³-hybridized carbons (Fsp3) is 0.364. The van der Waals surface area contributed by atoms with Crippen molar-refractivity contribution in [2.45, 2.75) is 31.2 Å². The Labute approximate surface area is 170 Å². The molecular weight excluding hydrogens is 419 g/mol. The molecule has 28 heavy (non-hydrogen) atoms. The zero-order valence-corrected chi connectivity index (χ0v) is 16.6. The lowest BCUT2D eigenvalue weighted by Crippen LogP contribution is -2.35. The number of nitrogens with zero attached hydrogens (tertiary/aromatic N) is 2. The van der Waals surface area contributed by atoms with Crippen LogP contribution < -0.4 is 5.32 Å². The molecule has 2 fully saturated rings. The van der Waals surface area contributed by atoms with Gasteiger partial charge >= 0.3 is 0 Å². The minimum Gasteiger partial charge on any atom is -0.377 e. The molecule has 0 unspecified atom stereocenters. The fourth-order valence-electron chi connectivity index (χ4n) is 6.20. The summed E-state index contributed by atoms with van der Waals surface area (Å²) in [4.78, 5) is 0. The molecule has 0 radical (unpaired) electrons. The second-order valence-electron chi connectivity index (χ2n) is 8.39. The van der Waals surface area contributed by atoms with Gasteiger partial charge in [0.05, 0.1) is 29.0 Å². The van der Waals surface area contributed by atoms with Crippen molar-refractivity contribution in [1.29, 1.82) is 5.26 Å². The maximum absolute atomic E-state index is 13.9. The van der Waals surface area contributed by atoms with Crippen LogP contribution in [0.15, 0.2) is 34.9 Å². The predicted molar refractivity (Wildman–Crippen MR) is 108 cm³/mol. The van der Waals surface area contributed by atoms with E-state index in [9.17, 15) is 9.65 Å². The van der Waals surface area contributed by atoms with E-state index in [4.69, 9.17) is 0 Å². The first-order valence-electron chi connectivity index (χ1n) is 9.77. The standard InChI is InChI=1S/C22H18BrFN4/c23-15-7-17-14(9-26-28-17)20-18-10-1-2-11(5-10)19(18)21(27-22(15)20)12-3-4-16(24)13(6-12)8-25/h3-4,6-7,9-11,18-19,21,27H,1-2,5H2,(H,26,28)/t10-,11-,18+,19-,21+/m1/s1. The number of anilines is 1. The van der Waals surface area contributed by atoms with Crippen molar-refractivity contribution in [3.05, 3.63) is 57.4 Å². The number of nitriles is 1. The van der Waals surface area contributed by atoms with Crippen LogP contribution in [0.4, 0.5) is 10.1 Å². The molecule has 2 N–H and O–H groups in total. The van der Waals surface area contributed by atoms with Gasteiger partial charge in [-0.15, -0.1) is 0 Å². The van der Waals surface area contributed by atoms with Gasteiger partial charge in [0.15, 0.2) is 0 Å². The first-order chi connectivity index (χ1) is 13.7. The summed E-state index contributed by atoms with van der Waals surface area (Å²) in [5.41, 5.74) is 4.67. The zero-order valence-electron chi connectivity index (χ0n) is 15.0. The molecule has 6 rings (SSSR count). The number of rotatable bonds is 1. The number of aromatic amines is 1. The number of nitrogens with one attached hydrogen (secondary N) is 2. The number of hydrogen-bond donors (Lipinski definition) is 2. The first kappa shape index (κ1) is 16.6. The molecule has 5 atom stereocenters. The van der Waals surface area contributed by atoms with Crippen molar-refractivity contribution < 1.29 is 4.39 Å². The minimum absolute atomic E-state index is 0.0844. The van der Waals surface area contributed by atoms with Gasteiger partial charge in [0, 0.05) is 9.86 Å². The summed E-state index contributed by atoms with van der Waals surface area (Å²) in [6, 6.07) is 9.15. The van der Waals surface area contributed by atoms with Gasteiger partial charge in [0.25, 0.3) is 0 Å². The van der Waals surface area contributed by atoms with Crippen LogP contribution in [-0.4, -0.2) is 10.2 Å². The third-order valence-corrected chi connectivity index (χ3v) is 7.83. The van der Waals surface area contributed by atoms with Crippen LogP contribution in [0, 0.1) is 34.9 Å². The maximum Gasteiger partial charge on any atom is 0.140 e. The quantitative estimate of drug-likeness (QED) is 0.519. The molecule has 3 aromatic rings. The molecule has 2 heterocycles. The molecule has 1 aromatic heterocycles. The van der Waals surface area contributed by atoms with Gasteiger partial charge in [-0.05, 0) is 88.2 Å². The van der Waals surface area contributed by atoms with E-state index in [-0.39, 0.29) is 11.6 Å². The van der Waals surface area contributed by atoms with Crippen LogP contribution in [0.1, 0.15) is 47.9 Å². The van der Waals surface area contributed by atoms with Gasteiger partial charge in [-0.2, -0.15) is 10.4 Å². The Hall–Kier alpha value is -2.39. The molecule has 0 saturated heterocycles. The number of H-pyrrole nitrogens is 1. The number of hydrogen-bond acceptors (Lipinski definition) is 3. The number of aromatic nitrogens is 2. The minimum atomic E-state index is -0.451. The van der Waals surface area contributed by atoms with Crippen LogP contribution in [0.2, 0.25) is 0 Å². The van der Waals surface area contributed by atoms with Crippen LogP contribution >= 0.6 is 15.9 Å². The average molecular weight is 437 g/mol. The fourth-order valence-corrected chi connectivity index (χ4v) is 6.76. The average Bonchev–Trinajstić information content (AvgIpc) is 3.44. The molecule has 140 valence electrons. The van der Waals surface area contributed by atoms with E-state index in [1.165, 1.54) is 36.3 Å². The van der Waals surface area contributed by atoms with E-state index in [2.05, 4.69) is 37.5 Å². The highest BCUT2D eigenvalue weighted by atomic mass is 79.9. The predicted octanol–water partition coefficient (Wildman–Crippen LogP) is 5.63. The topological polar surface area (TPSA) is 64.5 Å². The van der Waals surface area contributed by atoms with Gasteiger partial charge in [-0.3, -0.25) is 5.10 Å². The van der Waals surface area contributed by atoms with Gasteiger partial charge in [0.1, 0.15) is 11.9 Å². The highest BCUT2D eigenvalue weighted by Gasteiger charge is 2.54. The molecule has 0 spiro atoms. The molecule has 1 aliphatic heterocycles. The van der Waals surface area contributed by atoms with Gasteiger partial charge in [0.2, 0.25) is 0 Å². The molecular formula is C22H18BrFN4. The van der Waals surface area contributed by atoms with Crippen molar-refractivity contribution in [3.63, 3.8) is 0 Å². The van der Waals surface area contributed by atoms with E-state index in [1.54, 1.807) is 6.07 Å². The Morgan fingerprint density at radius 2 is 2.07 bits per heavy atom. The highest BCUT2D eigenvalue weighted by molar-refractivity contribution is 9.10. The summed E-state index contributed by atoms with van der Waals surface area (Å²) in [6.07, 6.45) is 5.73. The van der Waals surface area contributed by atoms with E-state index in [0.717, 1.165) is 21.2 Å². The number of fused-ring (bicyclic) bond motifs is 9. The van der Waals surface area contributed by atoms with Gasteiger partial charge < -0.3 is 5.32 Å². The third kappa shape index (κ3) is 2.11. The van der Waals surface area contributed by atoms with Crippen molar-refractivity contribution >= 4 is 32.5 Å². The molecule has 2 bridgehead atoms. The van der Waals surface area contributed by atoms with Gasteiger partial charge in [-0.1, -0.05) is 6.07 Å². The Morgan fingerprint density at radius 3 is 2.93 bits per heavy atom. The zero-order chi connectivity index (χ0) is 19.0. The normalized spacial score (nSPS) is 30.0. The molecule has 2 saturated carbocycles. The highest BCUT2D eigenvalue weighted by Crippen LogP contribution is 2.65. The number of halogens is 2. The summed E-state index contributed by atoms with van der Waals surface area (Å²) in [5.74, 6) is 1.82. The lowest BCUT2D eigenvalue weighted by molar-refractivity contribution is 0.248. The summed E-state index contributed by atoms with van der Waals surface area (Å²) < 4.78 is 15.0. The van der Waals surface area contributed by atoms with Crippen LogP contribution in [0.25, 0.3) is 10.9 Å². The largest absolute Gasteiger partial charge is 0.377 e.